The molecule has 1 aromatic carbocycles. The maximum atomic E-state index is 13.0. The van der Waals surface area contributed by atoms with Crippen LogP contribution in [0.15, 0.2) is 16.7 Å². The SMILES string of the molecule is CCCc1c(OCCCN2CCC(=O)NC2=O)ccc2c(C(F)(F)F)noc12. The maximum Gasteiger partial charge on any atom is 0.437 e. The van der Waals surface area contributed by atoms with Crippen LogP contribution in [0.3, 0.4) is 0 Å². The lowest BCUT2D eigenvalue weighted by atomic mass is 10.0. The minimum atomic E-state index is -4.59. The van der Waals surface area contributed by atoms with Gasteiger partial charge < -0.3 is 14.2 Å². The molecule has 2 heterocycles. The highest BCUT2D eigenvalue weighted by Crippen LogP contribution is 2.38. The number of hydrogen-bond donors (Lipinski definition) is 1. The van der Waals surface area contributed by atoms with E-state index in [9.17, 15) is 22.8 Å². The van der Waals surface area contributed by atoms with Crippen molar-refractivity contribution in [1.82, 2.24) is 15.4 Å². The number of alkyl halides is 3. The lowest BCUT2D eigenvalue weighted by Gasteiger charge is -2.26. The van der Waals surface area contributed by atoms with Gasteiger partial charge in [0.2, 0.25) is 5.91 Å². The Morgan fingerprint density at radius 1 is 1.32 bits per heavy atom. The fourth-order valence-corrected chi connectivity index (χ4v) is 3.12. The van der Waals surface area contributed by atoms with Gasteiger partial charge >= 0.3 is 12.2 Å². The van der Waals surface area contributed by atoms with E-state index in [1.807, 2.05) is 6.92 Å². The van der Waals surface area contributed by atoms with Crippen molar-refractivity contribution < 1.29 is 32.0 Å². The molecule has 1 fully saturated rings. The summed E-state index contributed by atoms with van der Waals surface area (Å²) in [6.45, 7) is 2.93. The Morgan fingerprint density at radius 3 is 2.79 bits per heavy atom. The zero-order valence-electron chi connectivity index (χ0n) is 15.3. The molecule has 1 N–H and O–H groups in total. The molecule has 3 rings (SSSR count). The molecule has 1 saturated heterocycles. The molecule has 0 saturated carbocycles. The third-order valence-corrected chi connectivity index (χ3v) is 4.44. The second-order valence-electron chi connectivity index (χ2n) is 6.49. The first-order valence-electron chi connectivity index (χ1n) is 9.01. The predicted octanol–water partition coefficient (Wildman–Crippen LogP) is 3.51. The average Bonchev–Trinajstić information content (AvgIpc) is 3.06. The zero-order chi connectivity index (χ0) is 20.3. The van der Waals surface area contributed by atoms with Gasteiger partial charge in [0, 0.05) is 25.1 Å². The fraction of sp³-hybridized carbons (Fsp3) is 0.500. The van der Waals surface area contributed by atoms with E-state index in [0.29, 0.717) is 43.7 Å². The van der Waals surface area contributed by atoms with Crippen molar-refractivity contribution in [2.45, 2.75) is 38.8 Å². The molecule has 3 amide bonds. The van der Waals surface area contributed by atoms with E-state index in [1.165, 1.54) is 17.0 Å². The standard InChI is InChI=1S/C18H20F3N3O4/c1-2-4-11-13(6-5-12-15(11)28-23-16(12)18(19,20)21)27-10-3-8-24-9-7-14(25)22-17(24)26/h5-6H,2-4,7-10H2,1H3,(H,22,25,26). The van der Waals surface area contributed by atoms with Crippen molar-refractivity contribution in [3.8, 4) is 5.75 Å². The normalized spacial score (nSPS) is 15.2. The molecule has 0 spiro atoms. The Morgan fingerprint density at radius 2 is 2.11 bits per heavy atom. The molecule has 2 aromatic rings. The molecule has 10 heteroatoms. The number of nitrogens with one attached hydrogen (secondary N) is 1. The van der Waals surface area contributed by atoms with Gasteiger partial charge in [-0.25, -0.2) is 4.79 Å². The Kier molecular flexibility index (Phi) is 5.76. The summed E-state index contributed by atoms with van der Waals surface area (Å²) in [5.41, 5.74) is -0.415. The first-order chi connectivity index (χ1) is 13.3. The van der Waals surface area contributed by atoms with E-state index in [-0.39, 0.29) is 29.9 Å². The number of halogens is 3. The van der Waals surface area contributed by atoms with E-state index >= 15 is 0 Å². The molecule has 0 unspecified atom stereocenters. The number of imide groups is 1. The smallest absolute Gasteiger partial charge is 0.437 e. The van der Waals surface area contributed by atoms with Crippen LogP contribution in [0.1, 0.15) is 37.4 Å². The summed E-state index contributed by atoms with van der Waals surface area (Å²) in [6, 6.07) is 2.37. The zero-order valence-corrected chi connectivity index (χ0v) is 15.3. The summed E-state index contributed by atoms with van der Waals surface area (Å²) in [7, 11) is 0. The number of fused-ring (bicyclic) bond motifs is 1. The lowest BCUT2D eigenvalue weighted by Crippen LogP contribution is -2.49. The van der Waals surface area contributed by atoms with Gasteiger partial charge in [0.05, 0.1) is 12.0 Å². The molecular formula is C18H20F3N3O4. The van der Waals surface area contributed by atoms with Crippen molar-refractivity contribution >= 4 is 22.9 Å². The number of nitrogens with zero attached hydrogens (tertiary/aromatic N) is 2. The van der Waals surface area contributed by atoms with Crippen LogP contribution in [0.4, 0.5) is 18.0 Å². The van der Waals surface area contributed by atoms with Gasteiger partial charge in [-0.15, -0.1) is 0 Å². The third kappa shape index (κ3) is 4.20. The number of benzene rings is 1. The molecule has 1 aromatic heterocycles. The first-order valence-corrected chi connectivity index (χ1v) is 9.01. The van der Waals surface area contributed by atoms with Crippen LogP contribution in [0.2, 0.25) is 0 Å². The minimum Gasteiger partial charge on any atom is -0.493 e. The van der Waals surface area contributed by atoms with Crippen LogP contribution in [0.25, 0.3) is 11.0 Å². The summed E-state index contributed by atoms with van der Waals surface area (Å²) in [4.78, 5) is 24.3. The highest BCUT2D eigenvalue weighted by Gasteiger charge is 2.37. The molecule has 152 valence electrons. The molecule has 0 aliphatic carbocycles. The number of hydrogen-bond acceptors (Lipinski definition) is 5. The van der Waals surface area contributed by atoms with Gasteiger partial charge in [-0.3, -0.25) is 10.1 Å². The Balaban J connectivity index is 1.68. The van der Waals surface area contributed by atoms with Crippen LogP contribution in [0.5, 0.6) is 5.75 Å². The Hall–Kier alpha value is -2.78. The maximum absolute atomic E-state index is 13.0. The van der Waals surface area contributed by atoms with Crippen LogP contribution < -0.4 is 10.1 Å². The number of aryl methyl sites for hydroxylation is 1. The van der Waals surface area contributed by atoms with E-state index < -0.39 is 17.9 Å². The Bertz CT molecular complexity index is 879. The highest BCUT2D eigenvalue weighted by atomic mass is 19.4. The van der Waals surface area contributed by atoms with Gasteiger partial charge in [-0.1, -0.05) is 18.5 Å². The van der Waals surface area contributed by atoms with Gasteiger partial charge in [0.1, 0.15) is 5.75 Å². The van der Waals surface area contributed by atoms with Gasteiger partial charge in [0.15, 0.2) is 11.3 Å². The van der Waals surface area contributed by atoms with Gasteiger partial charge in [-0.05, 0) is 25.0 Å². The molecule has 0 atom stereocenters. The average molecular weight is 399 g/mol. The number of amides is 3. The van der Waals surface area contributed by atoms with Crippen molar-refractivity contribution in [2.75, 3.05) is 19.7 Å². The van der Waals surface area contributed by atoms with Crippen molar-refractivity contribution in [2.24, 2.45) is 0 Å². The first kappa shape index (κ1) is 20.0. The number of ether oxygens (including phenoxy) is 1. The predicted molar refractivity (Wildman–Crippen MR) is 92.8 cm³/mol. The van der Waals surface area contributed by atoms with E-state index in [2.05, 4.69) is 10.5 Å². The quantitative estimate of drug-likeness (QED) is 0.721. The third-order valence-electron chi connectivity index (χ3n) is 4.44. The van der Waals surface area contributed by atoms with Crippen molar-refractivity contribution in [1.29, 1.82) is 0 Å². The number of rotatable bonds is 7. The van der Waals surface area contributed by atoms with Crippen LogP contribution in [0, 0.1) is 0 Å². The Labute approximate surface area is 158 Å². The molecule has 28 heavy (non-hydrogen) atoms. The summed E-state index contributed by atoms with van der Waals surface area (Å²) in [5, 5.41) is 5.35. The van der Waals surface area contributed by atoms with Gasteiger partial charge in [-0.2, -0.15) is 13.2 Å². The van der Waals surface area contributed by atoms with Crippen LogP contribution in [-0.2, 0) is 17.4 Å². The summed E-state index contributed by atoms with van der Waals surface area (Å²) >= 11 is 0. The summed E-state index contributed by atoms with van der Waals surface area (Å²) < 4.78 is 49.8. The molecular weight excluding hydrogens is 379 g/mol. The number of carbonyl (C=O) groups is 2. The van der Waals surface area contributed by atoms with Crippen LogP contribution in [-0.4, -0.2) is 41.7 Å². The fourth-order valence-electron chi connectivity index (χ4n) is 3.12. The monoisotopic (exact) mass is 399 g/mol. The molecule has 1 aliphatic heterocycles. The summed E-state index contributed by atoms with van der Waals surface area (Å²) in [6.07, 6.45) is -2.64. The molecule has 0 radical (unpaired) electrons. The second kappa shape index (κ2) is 8.07. The number of urea groups is 1. The topological polar surface area (TPSA) is 84.7 Å². The van der Waals surface area contributed by atoms with E-state index in [1.54, 1.807) is 0 Å². The molecule has 1 aliphatic rings. The van der Waals surface area contributed by atoms with Gasteiger partial charge in [0.25, 0.3) is 0 Å². The largest absolute Gasteiger partial charge is 0.493 e. The number of carbonyl (C=O) groups excluding carboxylic acids is 2. The van der Waals surface area contributed by atoms with Crippen LogP contribution >= 0.6 is 0 Å². The molecule has 0 bridgehead atoms. The summed E-state index contributed by atoms with van der Waals surface area (Å²) in [5.74, 6) is 0.151. The molecule has 7 nitrogen and oxygen atoms in total. The number of aromatic nitrogens is 1. The lowest BCUT2D eigenvalue weighted by molar-refractivity contribution is -0.141. The van der Waals surface area contributed by atoms with Crippen molar-refractivity contribution in [3.63, 3.8) is 0 Å². The minimum absolute atomic E-state index is 0.0839. The van der Waals surface area contributed by atoms with E-state index in [4.69, 9.17) is 9.26 Å². The van der Waals surface area contributed by atoms with Crippen molar-refractivity contribution in [3.05, 3.63) is 23.4 Å². The second-order valence-corrected chi connectivity index (χ2v) is 6.49. The van der Waals surface area contributed by atoms with E-state index in [0.717, 1.165) is 0 Å². The highest BCUT2D eigenvalue weighted by molar-refractivity contribution is 5.96.